The summed E-state index contributed by atoms with van der Waals surface area (Å²) < 4.78 is 1.64. The maximum absolute atomic E-state index is 12.7. The molecule has 0 saturated carbocycles. The minimum absolute atomic E-state index is 0.0529. The fourth-order valence-corrected chi connectivity index (χ4v) is 3.34. The topological polar surface area (TPSA) is 58.7 Å². The molecule has 0 atom stereocenters. The number of hydrogen-bond donors (Lipinski definition) is 0. The van der Waals surface area contributed by atoms with Crippen molar-refractivity contribution in [3.63, 3.8) is 0 Å². The van der Waals surface area contributed by atoms with Crippen LogP contribution in [-0.2, 0) is 12.3 Å². The van der Waals surface area contributed by atoms with Crippen LogP contribution in [-0.4, -0.2) is 9.55 Å². The Kier molecular flexibility index (Phi) is 4.78. The van der Waals surface area contributed by atoms with E-state index in [1.165, 1.54) is 11.8 Å². The first kappa shape index (κ1) is 16.0. The fraction of sp³-hybridized carbons (Fsp3) is 0.105. The third-order valence-corrected chi connectivity index (χ3v) is 4.64. The van der Waals surface area contributed by atoms with Crippen LogP contribution in [0.4, 0.5) is 0 Å². The first-order valence-corrected chi connectivity index (χ1v) is 8.44. The molecule has 3 rings (SSSR count). The van der Waals surface area contributed by atoms with Crippen LogP contribution in [0.3, 0.4) is 0 Å². The van der Waals surface area contributed by atoms with Gasteiger partial charge in [-0.15, -0.1) is 6.58 Å². The largest absolute Gasteiger partial charge is 0.283 e. The lowest BCUT2D eigenvalue weighted by atomic mass is 10.2. The molecule has 0 spiro atoms. The standard InChI is InChI=1S/C19H15N3OS/c1-2-11-22-18(23)16-5-3-4-6-17(16)21-19(22)24-13-15-9-7-14(12-20)8-10-15/h2-10H,1,11,13H2. The summed E-state index contributed by atoms with van der Waals surface area (Å²) in [7, 11) is 0. The van der Waals surface area contributed by atoms with Crippen molar-refractivity contribution in [1.82, 2.24) is 9.55 Å². The Morgan fingerprint density at radius 2 is 1.96 bits per heavy atom. The van der Waals surface area contributed by atoms with Gasteiger partial charge >= 0.3 is 0 Å². The van der Waals surface area contributed by atoms with E-state index in [9.17, 15) is 4.79 Å². The molecule has 5 heteroatoms. The van der Waals surface area contributed by atoms with Gasteiger partial charge in [0.25, 0.3) is 5.56 Å². The lowest BCUT2D eigenvalue weighted by molar-refractivity contribution is 0.671. The van der Waals surface area contributed by atoms with Gasteiger partial charge in [0, 0.05) is 12.3 Å². The summed E-state index contributed by atoms with van der Waals surface area (Å²) in [5.74, 6) is 0.674. The quantitative estimate of drug-likeness (QED) is 0.405. The molecule has 0 radical (unpaired) electrons. The van der Waals surface area contributed by atoms with Gasteiger partial charge < -0.3 is 0 Å². The molecule has 3 aromatic rings. The van der Waals surface area contributed by atoms with Crippen molar-refractivity contribution in [2.24, 2.45) is 0 Å². The summed E-state index contributed by atoms with van der Waals surface area (Å²) in [6, 6.07) is 16.9. The third kappa shape index (κ3) is 3.24. The number of thioether (sulfide) groups is 1. The van der Waals surface area contributed by atoms with E-state index >= 15 is 0 Å². The maximum atomic E-state index is 12.7. The van der Waals surface area contributed by atoms with E-state index in [1.54, 1.807) is 28.8 Å². The van der Waals surface area contributed by atoms with Gasteiger partial charge in [-0.2, -0.15) is 5.26 Å². The van der Waals surface area contributed by atoms with Gasteiger partial charge in [0.15, 0.2) is 5.16 Å². The normalized spacial score (nSPS) is 10.5. The van der Waals surface area contributed by atoms with Crippen LogP contribution in [0, 0.1) is 11.3 Å². The molecule has 0 saturated heterocycles. The molecule has 1 aromatic heterocycles. The highest BCUT2D eigenvalue weighted by Gasteiger charge is 2.10. The minimum Gasteiger partial charge on any atom is -0.283 e. The van der Waals surface area contributed by atoms with Gasteiger partial charge in [-0.3, -0.25) is 9.36 Å². The highest BCUT2D eigenvalue weighted by molar-refractivity contribution is 7.98. The zero-order valence-electron chi connectivity index (χ0n) is 13.0. The predicted molar refractivity (Wildman–Crippen MR) is 96.9 cm³/mol. The second-order valence-corrected chi connectivity index (χ2v) is 6.16. The molecule has 0 bridgehead atoms. The van der Waals surface area contributed by atoms with Crippen molar-refractivity contribution in [2.45, 2.75) is 17.5 Å². The summed E-state index contributed by atoms with van der Waals surface area (Å²) in [5, 5.41) is 10.1. The third-order valence-electron chi connectivity index (χ3n) is 3.59. The molecule has 1 heterocycles. The molecule has 2 aromatic carbocycles. The van der Waals surface area contributed by atoms with Crippen molar-refractivity contribution >= 4 is 22.7 Å². The number of benzene rings is 2. The van der Waals surface area contributed by atoms with Crippen LogP contribution >= 0.6 is 11.8 Å². The average Bonchev–Trinajstić information content (AvgIpc) is 2.63. The Labute approximate surface area is 144 Å². The van der Waals surface area contributed by atoms with Gasteiger partial charge in [0.05, 0.1) is 22.5 Å². The smallest absolute Gasteiger partial charge is 0.262 e. The molecule has 0 fully saturated rings. The highest BCUT2D eigenvalue weighted by atomic mass is 32.2. The molecule has 0 aliphatic carbocycles. The van der Waals surface area contributed by atoms with E-state index in [1.807, 2.05) is 30.3 Å². The van der Waals surface area contributed by atoms with Crippen LogP contribution in [0.1, 0.15) is 11.1 Å². The van der Waals surface area contributed by atoms with E-state index in [-0.39, 0.29) is 5.56 Å². The minimum atomic E-state index is -0.0529. The number of aromatic nitrogens is 2. The van der Waals surface area contributed by atoms with Gasteiger partial charge in [-0.1, -0.05) is 42.1 Å². The van der Waals surface area contributed by atoms with Crippen molar-refractivity contribution in [1.29, 1.82) is 5.26 Å². The highest BCUT2D eigenvalue weighted by Crippen LogP contribution is 2.22. The molecule has 0 unspecified atom stereocenters. The molecule has 24 heavy (non-hydrogen) atoms. The Hall–Kier alpha value is -2.84. The fourth-order valence-electron chi connectivity index (χ4n) is 2.37. The van der Waals surface area contributed by atoms with Crippen molar-refractivity contribution in [3.05, 3.63) is 82.7 Å². The molecule has 4 nitrogen and oxygen atoms in total. The molecule has 0 amide bonds. The summed E-state index contributed by atoms with van der Waals surface area (Å²) in [6.07, 6.45) is 1.70. The van der Waals surface area contributed by atoms with Crippen LogP contribution in [0.2, 0.25) is 0 Å². The zero-order chi connectivity index (χ0) is 16.9. The molecular weight excluding hydrogens is 318 g/mol. The Morgan fingerprint density at radius 3 is 2.67 bits per heavy atom. The summed E-state index contributed by atoms with van der Waals surface area (Å²) in [4.78, 5) is 17.3. The number of nitrogens with zero attached hydrogens (tertiary/aromatic N) is 3. The molecule has 0 aliphatic rings. The van der Waals surface area contributed by atoms with E-state index in [0.29, 0.717) is 33.9 Å². The SMILES string of the molecule is C=CCn1c(SCc2ccc(C#N)cc2)nc2ccccc2c1=O. The van der Waals surface area contributed by atoms with Crippen molar-refractivity contribution < 1.29 is 0 Å². The zero-order valence-corrected chi connectivity index (χ0v) is 13.8. The summed E-state index contributed by atoms with van der Waals surface area (Å²) in [6.45, 7) is 4.15. The number of allylic oxidation sites excluding steroid dienone is 1. The van der Waals surface area contributed by atoms with E-state index in [0.717, 1.165) is 5.56 Å². The molecule has 118 valence electrons. The first-order chi connectivity index (χ1) is 11.7. The van der Waals surface area contributed by atoms with Gasteiger partial charge in [0.2, 0.25) is 0 Å². The van der Waals surface area contributed by atoms with E-state index in [2.05, 4.69) is 17.6 Å². The second kappa shape index (κ2) is 7.16. The molecular formula is C19H15N3OS. The van der Waals surface area contributed by atoms with Gasteiger partial charge in [-0.25, -0.2) is 4.98 Å². The van der Waals surface area contributed by atoms with Crippen LogP contribution < -0.4 is 5.56 Å². The Balaban J connectivity index is 1.95. The first-order valence-electron chi connectivity index (χ1n) is 7.45. The average molecular weight is 333 g/mol. The van der Waals surface area contributed by atoms with Gasteiger partial charge in [0.1, 0.15) is 0 Å². The van der Waals surface area contributed by atoms with Crippen molar-refractivity contribution in [2.75, 3.05) is 0 Å². The van der Waals surface area contributed by atoms with E-state index in [4.69, 9.17) is 5.26 Å². The summed E-state index contributed by atoms with van der Waals surface area (Å²) >= 11 is 1.50. The van der Waals surface area contributed by atoms with Crippen molar-refractivity contribution in [3.8, 4) is 6.07 Å². The second-order valence-electron chi connectivity index (χ2n) is 5.21. The molecule has 0 N–H and O–H groups in total. The monoisotopic (exact) mass is 333 g/mol. The predicted octanol–water partition coefficient (Wildman–Crippen LogP) is 3.75. The van der Waals surface area contributed by atoms with Crippen LogP contribution in [0.15, 0.2) is 71.1 Å². The number of fused-ring (bicyclic) bond motifs is 1. The van der Waals surface area contributed by atoms with Gasteiger partial charge in [-0.05, 0) is 29.8 Å². The Morgan fingerprint density at radius 1 is 1.21 bits per heavy atom. The maximum Gasteiger partial charge on any atom is 0.262 e. The number of rotatable bonds is 5. The van der Waals surface area contributed by atoms with E-state index < -0.39 is 0 Å². The number of nitriles is 1. The lowest BCUT2D eigenvalue weighted by Gasteiger charge is -2.11. The Bertz CT molecular complexity index is 984. The number of hydrogen-bond acceptors (Lipinski definition) is 4. The lowest BCUT2D eigenvalue weighted by Crippen LogP contribution is -2.22. The molecule has 0 aliphatic heterocycles. The van der Waals surface area contributed by atoms with Crippen LogP contribution in [0.5, 0.6) is 0 Å². The summed E-state index contributed by atoms with van der Waals surface area (Å²) in [5.41, 5.74) is 2.36. The van der Waals surface area contributed by atoms with Crippen LogP contribution in [0.25, 0.3) is 10.9 Å². The number of para-hydroxylation sites is 1.